The standard InChI is InChI=1S/C36H46N4O4/c1-30(2)24-8-10-34(6)25(33(24,5)17-22(19-37)28(30)42)16-27(41)36(44)26-18-31(3,11-12-32(26,4)13-14-35(34,36)7)20-39-29(43)23-9-15-38-21-40-23/h9,15-17,21,24,26,44H,8,10-14,18,20H2,1-7H3,(H,39,43)/t24-,26+,31-,32+,33-,34+,35-,36+/m0/s1. The average molecular weight is 599 g/mol. The number of rotatable bonds is 3. The average Bonchev–Trinajstić information content (AvgIpc) is 2.99. The lowest BCUT2D eigenvalue weighted by Gasteiger charge is -2.71. The lowest BCUT2D eigenvalue weighted by Crippen LogP contribution is -2.74. The number of ketones is 2. The molecule has 5 aliphatic carbocycles. The summed E-state index contributed by atoms with van der Waals surface area (Å²) in [5, 5.41) is 26.1. The van der Waals surface area contributed by atoms with Crippen molar-refractivity contribution in [1.82, 2.24) is 15.3 Å². The molecule has 3 fully saturated rings. The minimum atomic E-state index is -1.58. The number of hydrogen-bond acceptors (Lipinski definition) is 7. The van der Waals surface area contributed by atoms with E-state index >= 15 is 0 Å². The Balaban J connectivity index is 1.40. The van der Waals surface area contributed by atoms with Gasteiger partial charge >= 0.3 is 0 Å². The normalized spacial score (nSPS) is 44.1. The number of hydrogen-bond donors (Lipinski definition) is 2. The molecule has 0 radical (unpaired) electrons. The third kappa shape index (κ3) is 3.80. The minimum Gasteiger partial charge on any atom is -0.381 e. The largest absolute Gasteiger partial charge is 0.381 e. The van der Waals surface area contributed by atoms with E-state index in [0.29, 0.717) is 18.7 Å². The molecule has 0 aliphatic heterocycles. The van der Waals surface area contributed by atoms with Crippen molar-refractivity contribution in [3.8, 4) is 6.07 Å². The molecule has 3 saturated carbocycles. The second kappa shape index (κ2) is 9.42. The summed E-state index contributed by atoms with van der Waals surface area (Å²) in [5.41, 5.74) is -3.30. The van der Waals surface area contributed by atoms with E-state index in [-0.39, 0.29) is 45.7 Å². The lowest BCUT2D eigenvalue weighted by molar-refractivity contribution is -0.243. The first-order valence-electron chi connectivity index (χ1n) is 16.1. The van der Waals surface area contributed by atoms with Gasteiger partial charge < -0.3 is 10.4 Å². The van der Waals surface area contributed by atoms with Crippen LogP contribution in [0, 0.1) is 55.7 Å². The SMILES string of the molecule is CC1(C)C(=O)C(C#N)=C[C@]2(C)C3=CC(=O)[C@]4(O)[C@@H]5C[C@@](C)(CNC(=O)c6ccncn6)CC[C@]5(C)CC[C@@]4(C)[C@]3(C)CC[C@@H]12. The Hall–Kier alpha value is -3.18. The van der Waals surface area contributed by atoms with Crippen LogP contribution in [0.25, 0.3) is 0 Å². The molecular formula is C36H46N4O4. The first kappa shape index (κ1) is 30.8. The zero-order valence-corrected chi connectivity index (χ0v) is 27.2. The number of nitrogens with one attached hydrogen (secondary N) is 1. The molecule has 2 N–H and O–H groups in total. The molecule has 234 valence electrons. The number of nitriles is 1. The molecule has 0 spiro atoms. The summed E-state index contributed by atoms with van der Waals surface area (Å²) >= 11 is 0. The summed E-state index contributed by atoms with van der Waals surface area (Å²) < 4.78 is 0. The number of nitrogens with zero attached hydrogens (tertiary/aromatic N) is 3. The van der Waals surface area contributed by atoms with Crippen LogP contribution in [0.4, 0.5) is 0 Å². The van der Waals surface area contributed by atoms with Gasteiger partial charge in [-0.3, -0.25) is 14.4 Å². The predicted octanol–water partition coefficient (Wildman–Crippen LogP) is 5.54. The van der Waals surface area contributed by atoms with Gasteiger partial charge in [-0.2, -0.15) is 5.26 Å². The maximum atomic E-state index is 14.6. The summed E-state index contributed by atoms with van der Waals surface area (Å²) in [5.74, 6) is -0.969. The number of allylic oxidation sites excluding steroid dienone is 3. The van der Waals surface area contributed by atoms with Crippen molar-refractivity contribution < 1.29 is 19.5 Å². The maximum Gasteiger partial charge on any atom is 0.270 e. The van der Waals surface area contributed by atoms with Gasteiger partial charge in [0.15, 0.2) is 11.6 Å². The molecule has 1 heterocycles. The van der Waals surface area contributed by atoms with Gasteiger partial charge in [0.1, 0.15) is 23.7 Å². The Morgan fingerprint density at radius 2 is 1.75 bits per heavy atom. The second-order valence-corrected chi connectivity index (χ2v) is 16.4. The van der Waals surface area contributed by atoms with E-state index in [0.717, 1.165) is 44.1 Å². The lowest BCUT2D eigenvalue weighted by atomic mass is 9.33. The van der Waals surface area contributed by atoms with Crippen LogP contribution in [0.3, 0.4) is 0 Å². The van der Waals surface area contributed by atoms with Gasteiger partial charge in [-0.25, -0.2) is 9.97 Å². The van der Waals surface area contributed by atoms with Crippen LogP contribution in [0.15, 0.2) is 41.9 Å². The monoisotopic (exact) mass is 598 g/mol. The predicted molar refractivity (Wildman–Crippen MR) is 165 cm³/mol. The Bertz CT molecular complexity index is 1560. The Morgan fingerprint density at radius 1 is 1.05 bits per heavy atom. The molecule has 8 nitrogen and oxygen atoms in total. The van der Waals surface area contributed by atoms with Crippen LogP contribution in [0.1, 0.15) is 104 Å². The highest BCUT2D eigenvalue weighted by molar-refractivity contribution is 6.05. The molecule has 0 unspecified atom stereocenters. The van der Waals surface area contributed by atoms with E-state index in [4.69, 9.17) is 0 Å². The molecule has 0 aromatic carbocycles. The van der Waals surface area contributed by atoms with Crippen LogP contribution >= 0.6 is 0 Å². The second-order valence-electron chi connectivity index (χ2n) is 16.4. The summed E-state index contributed by atoms with van der Waals surface area (Å²) in [6, 6.07) is 3.74. The smallest absolute Gasteiger partial charge is 0.270 e. The molecular weight excluding hydrogens is 552 g/mol. The van der Waals surface area contributed by atoms with Crippen molar-refractivity contribution >= 4 is 17.5 Å². The van der Waals surface area contributed by atoms with Gasteiger partial charge in [0, 0.05) is 34.9 Å². The first-order valence-corrected chi connectivity index (χ1v) is 16.1. The van der Waals surface area contributed by atoms with E-state index in [1.54, 1.807) is 18.3 Å². The molecule has 0 saturated heterocycles. The fourth-order valence-corrected chi connectivity index (χ4v) is 10.8. The van der Waals surface area contributed by atoms with Crippen molar-refractivity contribution in [2.45, 2.75) is 99.0 Å². The van der Waals surface area contributed by atoms with Crippen LogP contribution in [-0.4, -0.2) is 44.7 Å². The Morgan fingerprint density at radius 3 is 2.41 bits per heavy atom. The number of aromatic nitrogens is 2. The summed E-state index contributed by atoms with van der Waals surface area (Å²) in [4.78, 5) is 48.8. The Kier molecular flexibility index (Phi) is 6.60. The highest BCUT2D eigenvalue weighted by Gasteiger charge is 2.75. The number of Topliss-reactive ketones (excluding diaryl/α,β-unsaturated/α-hetero) is 1. The zero-order chi connectivity index (χ0) is 32.1. The van der Waals surface area contributed by atoms with Crippen molar-refractivity contribution in [2.24, 2.45) is 44.3 Å². The highest BCUT2D eigenvalue weighted by Crippen LogP contribution is 2.75. The van der Waals surface area contributed by atoms with E-state index in [9.17, 15) is 24.8 Å². The maximum absolute atomic E-state index is 14.6. The first-order chi connectivity index (χ1) is 20.4. The van der Waals surface area contributed by atoms with Gasteiger partial charge in [0.25, 0.3) is 5.91 Å². The van der Waals surface area contributed by atoms with E-state index in [1.807, 2.05) is 19.9 Å². The van der Waals surface area contributed by atoms with Crippen LogP contribution < -0.4 is 5.32 Å². The van der Waals surface area contributed by atoms with Crippen molar-refractivity contribution in [1.29, 1.82) is 5.26 Å². The molecule has 0 bridgehead atoms. The van der Waals surface area contributed by atoms with Gasteiger partial charge in [-0.15, -0.1) is 0 Å². The van der Waals surface area contributed by atoms with E-state index in [2.05, 4.69) is 56.0 Å². The highest BCUT2D eigenvalue weighted by atomic mass is 16.3. The number of aliphatic hydroxyl groups is 1. The topological polar surface area (TPSA) is 133 Å². The molecule has 8 heteroatoms. The molecule has 44 heavy (non-hydrogen) atoms. The van der Waals surface area contributed by atoms with Crippen molar-refractivity contribution in [3.63, 3.8) is 0 Å². The number of fused-ring (bicyclic) bond motifs is 7. The van der Waals surface area contributed by atoms with Crippen LogP contribution in [0.2, 0.25) is 0 Å². The fraction of sp³-hybridized carbons (Fsp3) is 0.667. The molecule has 1 aromatic rings. The summed E-state index contributed by atoms with van der Waals surface area (Å²) in [6.45, 7) is 15.1. The van der Waals surface area contributed by atoms with Crippen molar-refractivity contribution in [2.75, 3.05) is 6.54 Å². The zero-order valence-electron chi connectivity index (χ0n) is 27.2. The molecule has 5 aliphatic rings. The van der Waals surface area contributed by atoms with Gasteiger partial charge in [-0.05, 0) is 84.8 Å². The number of amides is 1. The van der Waals surface area contributed by atoms with E-state index < -0.39 is 27.3 Å². The van der Waals surface area contributed by atoms with Crippen LogP contribution in [0.5, 0.6) is 0 Å². The number of carbonyl (C=O) groups excluding carboxylic acids is 3. The molecule has 1 amide bonds. The molecule has 6 rings (SSSR count). The Labute approximate surface area is 260 Å². The van der Waals surface area contributed by atoms with Gasteiger partial charge in [0.05, 0.1) is 5.57 Å². The van der Waals surface area contributed by atoms with Crippen LogP contribution in [-0.2, 0) is 9.59 Å². The summed E-state index contributed by atoms with van der Waals surface area (Å²) in [6.07, 6.45) is 12.0. The number of carbonyl (C=O) groups is 3. The van der Waals surface area contributed by atoms with Gasteiger partial charge in [0.2, 0.25) is 0 Å². The minimum absolute atomic E-state index is 0.0492. The summed E-state index contributed by atoms with van der Waals surface area (Å²) in [7, 11) is 0. The molecule has 1 aromatic heterocycles. The van der Waals surface area contributed by atoms with E-state index in [1.165, 1.54) is 6.33 Å². The van der Waals surface area contributed by atoms with Crippen molar-refractivity contribution in [3.05, 3.63) is 47.6 Å². The quantitative estimate of drug-likeness (QED) is 0.467. The fourth-order valence-electron chi connectivity index (χ4n) is 10.8. The molecule has 8 atom stereocenters. The third-order valence-corrected chi connectivity index (χ3v) is 13.8. The van der Waals surface area contributed by atoms with Gasteiger partial charge in [-0.1, -0.05) is 54.5 Å². The third-order valence-electron chi connectivity index (χ3n) is 13.8.